The quantitative estimate of drug-likeness (QED) is 0.507. The molecular formula is C21H20N6O4. The van der Waals surface area contributed by atoms with E-state index in [0.29, 0.717) is 28.4 Å². The number of fused-ring (bicyclic) bond motifs is 1. The molecule has 158 valence electrons. The van der Waals surface area contributed by atoms with Crippen molar-refractivity contribution in [1.29, 1.82) is 0 Å². The Kier molecular flexibility index (Phi) is 5.35. The lowest BCUT2D eigenvalue weighted by atomic mass is 10.1. The van der Waals surface area contributed by atoms with Gasteiger partial charge in [0.05, 0.1) is 13.3 Å². The number of nitrogens with zero attached hydrogens (tertiary/aromatic N) is 4. The van der Waals surface area contributed by atoms with Gasteiger partial charge in [-0.25, -0.2) is 9.78 Å². The third-order valence-corrected chi connectivity index (χ3v) is 4.73. The maximum Gasteiger partial charge on any atom is 0.407 e. The van der Waals surface area contributed by atoms with Crippen molar-refractivity contribution in [1.82, 2.24) is 24.8 Å². The first kappa shape index (κ1) is 20.1. The number of aromatic nitrogens is 4. The summed E-state index contributed by atoms with van der Waals surface area (Å²) in [7, 11) is 1.27. The molecule has 3 heterocycles. The Morgan fingerprint density at radius 3 is 2.87 bits per heavy atom. The first-order valence-electron chi connectivity index (χ1n) is 9.49. The Labute approximate surface area is 177 Å². The highest BCUT2D eigenvalue weighted by atomic mass is 16.5. The van der Waals surface area contributed by atoms with E-state index in [1.807, 2.05) is 37.3 Å². The van der Waals surface area contributed by atoms with Crippen molar-refractivity contribution in [2.75, 3.05) is 12.4 Å². The average molecular weight is 420 g/mol. The summed E-state index contributed by atoms with van der Waals surface area (Å²) in [4.78, 5) is 32.8. The lowest BCUT2D eigenvalue weighted by molar-refractivity contribution is 0.102. The number of nitrogens with one attached hydrogen (secondary N) is 2. The Hall–Kier alpha value is -4.21. The first-order valence-corrected chi connectivity index (χ1v) is 9.49. The largest absolute Gasteiger partial charge is 0.453 e. The minimum absolute atomic E-state index is 0.234. The van der Waals surface area contributed by atoms with Crippen LogP contribution in [0.25, 0.3) is 17.0 Å². The van der Waals surface area contributed by atoms with Crippen molar-refractivity contribution >= 4 is 23.3 Å². The summed E-state index contributed by atoms with van der Waals surface area (Å²) in [6.45, 7) is 3.59. The van der Waals surface area contributed by atoms with E-state index in [4.69, 9.17) is 4.52 Å². The molecular weight excluding hydrogens is 400 g/mol. The average Bonchev–Trinajstić information content (AvgIpc) is 3.43. The van der Waals surface area contributed by atoms with Crippen molar-refractivity contribution in [3.8, 4) is 11.4 Å². The lowest BCUT2D eigenvalue weighted by Gasteiger charge is -2.09. The van der Waals surface area contributed by atoms with Crippen molar-refractivity contribution in [3.05, 3.63) is 65.9 Å². The van der Waals surface area contributed by atoms with E-state index in [0.717, 1.165) is 5.56 Å². The summed E-state index contributed by atoms with van der Waals surface area (Å²) < 4.78 is 11.5. The number of alkyl carbamates (subject to hydrolysis) is 1. The molecule has 0 fully saturated rings. The van der Waals surface area contributed by atoms with Crippen LogP contribution in [-0.4, -0.2) is 38.6 Å². The lowest BCUT2D eigenvalue weighted by Crippen LogP contribution is -2.26. The van der Waals surface area contributed by atoms with Gasteiger partial charge in [-0.2, -0.15) is 4.98 Å². The van der Waals surface area contributed by atoms with Crippen LogP contribution < -0.4 is 10.6 Å². The zero-order chi connectivity index (χ0) is 22.0. The highest BCUT2D eigenvalue weighted by Gasteiger charge is 2.19. The molecule has 2 N–H and O–H groups in total. The predicted octanol–water partition coefficient (Wildman–Crippen LogP) is 3.36. The highest BCUT2D eigenvalue weighted by molar-refractivity contribution is 6.04. The van der Waals surface area contributed by atoms with Crippen LogP contribution in [0.3, 0.4) is 0 Å². The van der Waals surface area contributed by atoms with Crippen LogP contribution in [0.5, 0.6) is 0 Å². The Morgan fingerprint density at radius 1 is 1.23 bits per heavy atom. The van der Waals surface area contributed by atoms with Crippen LogP contribution in [-0.2, 0) is 4.74 Å². The number of carbonyl (C=O) groups excluding carboxylic acids is 2. The van der Waals surface area contributed by atoms with Crippen LogP contribution in [0.15, 0.2) is 53.3 Å². The van der Waals surface area contributed by atoms with E-state index in [1.165, 1.54) is 13.3 Å². The van der Waals surface area contributed by atoms with Gasteiger partial charge in [0.25, 0.3) is 5.91 Å². The molecule has 4 rings (SSSR count). The fourth-order valence-electron chi connectivity index (χ4n) is 3.01. The summed E-state index contributed by atoms with van der Waals surface area (Å²) in [6.07, 6.45) is 2.72. The maximum atomic E-state index is 12.8. The van der Waals surface area contributed by atoms with Gasteiger partial charge in [0, 0.05) is 17.4 Å². The van der Waals surface area contributed by atoms with Crippen molar-refractivity contribution in [2.45, 2.75) is 19.9 Å². The Morgan fingerprint density at radius 2 is 2.06 bits per heavy atom. The Balaban J connectivity index is 1.56. The number of aryl methyl sites for hydroxylation is 1. The molecule has 0 aliphatic heterocycles. The number of anilines is 1. The van der Waals surface area contributed by atoms with Crippen LogP contribution >= 0.6 is 0 Å². The molecule has 1 unspecified atom stereocenters. The molecule has 0 aliphatic carbocycles. The van der Waals surface area contributed by atoms with Crippen molar-refractivity contribution < 1.29 is 18.8 Å². The van der Waals surface area contributed by atoms with Gasteiger partial charge in [-0.3, -0.25) is 9.20 Å². The molecule has 0 aliphatic rings. The monoisotopic (exact) mass is 420 g/mol. The number of benzene rings is 1. The maximum absolute atomic E-state index is 12.8. The van der Waals surface area contributed by atoms with Crippen LogP contribution in [0, 0.1) is 6.92 Å². The topological polar surface area (TPSA) is 124 Å². The number of methoxy groups -OCH3 is 1. The minimum Gasteiger partial charge on any atom is -0.453 e. The van der Waals surface area contributed by atoms with E-state index in [2.05, 4.69) is 30.5 Å². The van der Waals surface area contributed by atoms with Crippen LogP contribution in [0.2, 0.25) is 0 Å². The Bertz CT molecular complexity index is 1260. The molecule has 2 amide bonds. The van der Waals surface area contributed by atoms with E-state index in [-0.39, 0.29) is 11.8 Å². The molecule has 0 bridgehead atoms. The van der Waals surface area contributed by atoms with Gasteiger partial charge in [-0.1, -0.05) is 23.4 Å². The molecule has 10 heteroatoms. The van der Waals surface area contributed by atoms with Gasteiger partial charge in [0.15, 0.2) is 0 Å². The predicted molar refractivity (Wildman–Crippen MR) is 112 cm³/mol. The summed E-state index contributed by atoms with van der Waals surface area (Å²) >= 11 is 0. The molecule has 4 aromatic rings. The van der Waals surface area contributed by atoms with Gasteiger partial charge in [-0.05, 0) is 37.6 Å². The molecule has 0 saturated carbocycles. The van der Waals surface area contributed by atoms with Crippen LogP contribution in [0.1, 0.15) is 34.9 Å². The zero-order valence-electron chi connectivity index (χ0n) is 17.1. The number of ether oxygens (including phenoxy) is 1. The molecule has 1 aromatic carbocycles. The molecule has 0 radical (unpaired) electrons. The smallest absolute Gasteiger partial charge is 0.407 e. The third-order valence-electron chi connectivity index (χ3n) is 4.73. The molecule has 10 nitrogen and oxygen atoms in total. The summed E-state index contributed by atoms with van der Waals surface area (Å²) in [5.41, 5.74) is 3.24. The van der Waals surface area contributed by atoms with Gasteiger partial charge >= 0.3 is 6.09 Å². The minimum atomic E-state index is -0.597. The number of imidazole rings is 1. The normalized spacial score (nSPS) is 11.8. The van der Waals surface area contributed by atoms with Gasteiger partial charge in [0.2, 0.25) is 11.7 Å². The number of hydrogen-bond donors (Lipinski definition) is 2. The van der Waals surface area contributed by atoms with Crippen molar-refractivity contribution in [3.63, 3.8) is 0 Å². The van der Waals surface area contributed by atoms with Gasteiger partial charge < -0.3 is 19.9 Å². The summed E-state index contributed by atoms with van der Waals surface area (Å²) in [6, 6.07) is 10.4. The second-order valence-corrected chi connectivity index (χ2v) is 6.87. The first-order chi connectivity index (χ1) is 15.0. The number of pyridine rings is 1. The summed E-state index contributed by atoms with van der Waals surface area (Å²) in [5.74, 6) is 0.278. The third kappa shape index (κ3) is 4.08. The van der Waals surface area contributed by atoms with Crippen LogP contribution in [0.4, 0.5) is 10.5 Å². The SMILES string of the molecule is COC(=O)NC(C)c1nc(-c2ccc(C)c(NC(=O)c3cnc4ccccn34)c2)no1. The molecule has 0 spiro atoms. The zero-order valence-corrected chi connectivity index (χ0v) is 17.1. The van der Waals surface area contributed by atoms with Gasteiger partial charge in [-0.15, -0.1) is 0 Å². The highest BCUT2D eigenvalue weighted by Crippen LogP contribution is 2.25. The van der Waals surface area contributed by atoms with Gasteiger partial charge in [0.1, 0.15) is 17.4 Å². The standard InChI is InChI=1S/C21H20N6O4/c1-12-7-8-14(18-25-20(31-26-18)13(2)23-21(29)30-3)10-15(12)24-19(28)16-11-22-17-6-4-5-9-27(16)17/h4-11,13H,1-3H3,(H,23,29)(H,24,28). The van der Waals surface area contributed by atoms with Crippen molar-refractivity contribution in [2.24, 2.45) is 0 Å². The van der Waals surface area contributed by atoms with E-state index in [1.54, 1.807) is 23.6 Å². The van der Waals surface area contributed by atoms with E-state index in [9.17, 15) is 9.59 Å². The fourth-order valence-corrected chi connectivity index (χ4v) is 3.01. The second kappa shape index (κ2) is 8.27. The number of carbonyl (C=O) groups is 2. The molecule has 0 saturated heterocycles. The number of rotatable bonds is 5. The second-order valence-electron chi connectivity index (χ2n) is 6.87. The fraction of sp³-hybridized carbons (Fsp3) is 0.190. The van der Waals surface area contributed by atoms with E-state index < -0.39 is 12.1 Å². The van der Waals surface area contributed by atoms with E-state index >= 15 is 0 Å². The molecule has 1 atom stereocenters. The molecule has 31 heavy (non-hydrogen) atoms. The molecule has 3 aromatic heterocycles. The number of amides is 2. The summed E-state index contributed by atoms with van der Waals surface area (Å²) in [5, 5.41) is 9.46. The number of hydrogen-bond acceptors (Lipinski definition) is 7.